The van der Waals surface area contributed by atoms with Gasteiger partial charge in [-0.15, -0.1) is 0 Å². The summed E-state index contributed by atoms with van der Waals surface area (Å²) in [6.07, 6.45) is 0. The number of phenols is 2. The van der Waals surface area contributed by atoms with Crippen LogP contribution in [-0.4, -0.2) is 15.1 Å². The van der Waals surface area contributed by atoms with Gasteiger partial charge < -0.3 is 15.5 Å². The highest BCUT2D eigenvalue weighted by Crippen LogP contribution is 2.32. The van der Waals surface area contributed by atoms with Gasteiger partial charge in [-0.2, -0.15) is 0 Å². The molecule has 7 heteroatoms. The average Bonchev–Trinajstić information content (AvgIpc) is 2.39. The predicted octanol–water partition coefficient (Wildman–Crippen LogP) is 3.94. The van der Waals surface area contributed by atoms with E-state index in [-0.39, 0.29) is 23.2 Å². The van der Waals surface area contributed by atoms with E-state index in [0.29, 0.717) is 15.7 Å². The highest BCUT2D eigenvalue weighted by atomic mass is 79.9. The molecule has 0 aliphatic carbocycles. The van der Waals surface area contributed by atoms with Gasteiger partial charge in [-0.1, -0.05) is 15.9 Å². The van der Waals surface area contributed by atoms with Gasteiger partial charge in [0.25, 0.3) is 5.69 Å². The van der Waals surface area contributed by atoms with E-state index < -0.39 is 4.92 Å². The normalized spacial score (nSPS) is 11.9. The standard InChI is InChI=1S/C14H13BrN2O4/c1-8(9-4-11(18)7-12(19)5-9)16-13-3-2-10(15)6-14(13)17(20)21/h2-8,16,18-19H,1H3. The second-order valence-corrected chi connectivity index (χ2v) is 5.48. The average molecular weight is 353 g/mol. The maximum Gasteiger partial charge on any atom is 0.293 e. The van der Waals surface area contributed by atoms with E-state index in [2.05, 4.69) is 21.2 Å². The molecule has 0 heterocycles. The fourth-order valence-electron chi connectivity index (χ4n) is 1.96. The lowest BCUT2D eigenvalue weighted by Crippen LogP contribution is -2.08. The van der Waals surface area contributed by atoms with Crippen LogP contribution in [0, 0.1) is 10.1 Å². The van der Waals surface area contributed by atoms with E-state index in [1.54, 1.807) is 19.1 Å². The minimum Gasteiger partial charge on any atom is -0.508 e. The summed E-state index contributed by atoms with van der Waals surface area (Å²) >= 11 is 3.20. The molecule has 6 nitrogen and oxygen atoms in total. The molecule has 0 spiro atoms. The number of hydrogen-bond donors (Lipinski definition) is 3. The summed E-state index contributed by atoms with van der Waals surface area (Å²) in [5.74, 6) is -0.132. The number of nitro groups is 1. The zero-order valence-corrected chi connectivity index (χ0v) is 12.7. The van der Waals surface area contributed by atoms with Gasteiger partial charge >= 0.3 is 0 Å². The molecule has 0 bridgehead atoms. The SMILES string of the molecule is CC(Nc1ccc(Br)cc1[N+](=O)[O-])c1cc(O)cc(O)c1. The summed E-state index contributed by atoms with van der Waals surface area (Å²) in [7, 11) is 0. The van der Waals surface area contributed by atoms with E-state index in [9.17, 15) is 20.3 Å². The van der Waals surface area contributed by atoms with Crippen LogP contribution in [0.25, 0.3) is 0 Å². The number of phenolic OH excluding ortho intramolecular Hbond substituents is 2. The van der Waals surface area contributed by atoms with Gasteiger partial charge in [-0.3, -0.25) is 10.1 Å². The lowest BCUT2D eigenvalue weighted by molar-refractivity contribution is -0.384. The Hall–Kier alpha value is -2.28. The topological polar surface area (TPSA) is 95.6 Å². The van der Waals surface area contributed by atoms with Crippen molar-refractivity contribution >= 4 is 27.3 Å². The molecule has 0 saturated heterocycles. The molecule has 2 aromatic carbocycles. The highest BCUT2D eigenvalue weighted by Gasteiger charge is 2.17. The van der Waals surface area contributed by atoms with Gasteiger partial charge in [0, 0.05) is 22.6 Å². The fourth-order valence-corrected chi connectivity index (χ4v) is 2.31. The van der Waals surface area contributed by atoms with Crippen LogP contribution in [0.2, 0.25) is 0 Å². The summed E-state index contributed by atoms with van der Waals surface area (Å²) < 4.78 is 0.613. The Morgan fingerprint density at radius 3 is 2.38 bits per heavy atom. The van der Waals surface area contributed by atoms with Crippen LogP contribution in [0.3, 0.4) is 0 Å². The van der Waals surface area contributed by atoms with E-state index >= 15 is 0 Å². The number of nitrogens with zero attached hydrogens (tertiary/aromatic N) is 1. The van der Waals surface area contributed by atoms with Gasteiger partial charge in [0.2, 0.25) is 0 Å². The van der Waals surface area contributed by atoms with Gasteiger partial charge in [-0.25, -0.2) is 0 Å². The van der Waals surface area contributed by atoms with Crippen LogP contribution in [-0.2, 0) is 0 Å². The van der Waals surface area contributed by atoms with E-state index in [0.717, 1.165) is 0 Å². The van der Waals surface area contributed by atoms with Gasteiger partial charge in [-0.05, 0) is 36.8 Å². The first-order valence-corrected chi connectivity index (χ1v) is 6.89. The van der Waals surface area contributed by atoms with Crippen molar-refractivity contribution in [2.45, 2.75) is 13.0 Å². The number of halogens is 1. The second-order valence-electron chi connectivity index (χ2n) is 4.57. The number of nitro benzene ring substituents is 1. The first kappa shape index (κ1) is 15.1. The third-order valence-electron chi connectivity index (χ3n) is 2.95. The zero-order valence-electron chi connectivity index (χ0n) is 11.1. The van der Waals surface area contributed by atoms with Crippen molar-refractivity contribution in [1.82, 2.24) is 0 Å². The molecule has 0 aliphatic heterocycles. The Balaban J connectivity index is 2.31. The Labute approximate surface area is 129 Å². The maximum atomic E-state index is 11.1. The maximum absolute atomic E-state index is 11.1. The Morgan fingerprint density at radius 1 is 1.19 bits per heavy atom. The fraction of sp³-hybridized carbons (Fsp3) is 0.143. The third-order valence-corrected chi connectivity index (χ3v) is 3.45. The highest BCUT2D eigenvalue weighted by molar-refractivity contribution is 9.10. The summed E-state index contributed by atoms with van der Waals surface area (Å²) in [6.45, 7) is 1.78. The van der Waals surface area contributed by atoms with Crippen molar-refractivity contribution in [2.75, 3.05) is 5.32 Å². The molecule has 1 unspecified atom stereocenters. The minimum atomic E-state index is -0.472. The molecule has 0 fully saturated rings. The number of benzene rings is 2. The molecular weight excluding hydrogens is 340 g/mol. The second kappa shape index (κ2) is 6.01. The van der Waals surface area contributed by atoms with Crippen LogP contribution in [0.1, 0.15) is 18.5 Å². The van der Waals surface area contributed by atoms with Gasteiger partial charge in [0.15, 0.2) is 0 Å². The zero-order chi connectivity index (χ0) is 15.6. The van der Waals surface area contributed by atoms with Gasteiger partial charge in [0.1, 0.15) is 17.2 Å². The van der Waals surface area contributed by atoms with Crippen molar-refractivity contribution in [2.24, 2.45) is 0 Å². The van der Waals surface area contributed by atoms with Crippen LogP contribution in [0.5, 0.6) is 11.5 Å². The van der Waals surface area contributed by atoms with Crippen molar-refractivity contribution in [1.29, 1.82) is 0 Å². The first-order chi connectivity index (χ1) is 9.86. The van der Waals surface area contributed by atoms with Crippen LogP contribution in [0.15, 0.2) is 40.9 Å². The first-order valence-electron chi connectivity index (χ1n) is 6.10. The van der Waals surface area contributed by atoms with Crippen molar-refractivity contribution in [3.05, 3.63) is 56.5 Å². The summed E-state index contributed by atoms with van der Waals surface area (Å²) in [5.41, 5.74) is 0.920. The molecule has 0 saturated carbocycles. The van der Waals surface area contributed by atoms with Gasteiger partial charge in [0.05, 0.1) is 4.92 Å². The molecule has 0 amide bonds. The molecule has 3 N–H and O–H groups in total. The minimum absolute atomic E-state index is 0.0550. The van der Waals surface area contributed by atoms with Crippen LogP contribution >= 0.6 is 15.9 Å². The van der Waals surface area contributed by atoms with Crippen molar-refractivity contribution in [3.8, 4) is 11.5 Å². The molecule has 2 aromatic rings. The number of anilines is 1. The number of nitrogens with one attached hydrogen (secondary N) is 1. The smallest absolute Gasteiger partial charge is 0.293 e. The monoisotopic (exact) mass is 352 g/mol. The summed E-state index contributed by atoms with van der Waals surface area (Å²) in [6, 6.07) is 8.57. The molecule has 0 aromatic heterocycles. The van der Waals surface area contributed by atoms with Crippen molar-refractivity contribution < 1.29 is 15.1 Å². The number of aromatic hydroxyl groups is 2. The Morgan fingerprint density at radius 2 is 1.81 bits per heavy atom. The largest absolute Gasteiger partial charge is 0.508 e. The molecule has 2 rings (SSSR count). The molecule has 0 aliphatic rings. The number of rotatable bonds is 4. The van der Waals surface area contributed by atoms with Crippen LogP contribution < -0.4 is 5.32 Å². The predicted molar refractivity (Wildman–Crippen MR) is 82.6 cm³/mol. The summed E-state index contributed by atoms with van der Waals surface area (Å²) in [4.78, 5) is 10.6. The lowest BCUT2D eigenvalue weighted by atomic mass is 10.1. The summed E-state index contributed by atoms with van der Waals surface area (Å²) in [5, 5.41) is 33.0. The number of hydrogen-bond acceptors (Lipinski definition) is 5. The third kappa shape index (κ3) is 3.63. The molecular formula is C14H13BrN2O4. The van der Waals surface area contributed by atoms with E-state index in [1.165, 1.54) is 24.3 Å². The van der Waals surface area contributed by atoms with E-state index in [1.807, 2.05) is 0 Å². The van der Waals surface area contributed by atoms with E-state index in [4.69, 9.17) is 0 Å². The molecule has 1 atom stereocenters. The quantitative estimate of drug-likeness (QED) is 0.572. The molecule has 0 radical (unpaired) electrons. The Bertz CT molecular complexity index is 670. The molecule has 110 valence electrons. The Kier molecular flexibility index (Phi) is 4.32. The van der Waals surface area contributed by atoms with Crippen molar-refractivity contribution in [3.63, 3.8) is 0 Å². The molecule has 21 heavy (non-hydrogen) atoms. The lowest BCUT2D eigenvalue weighted by Gasteiger charge is -2.16. The van der Waals surface area contributed by atoms with Crippen LogP contribution in [0.4, 0.5) is 11.4 Å².